The summed E-state index contributed by atoms with van der Waals surface area (Å²) in [4.78, 5) is 20.3. The topological polar surface area (TPSA) is 76.2 Å². The normalized spacial score (nSPS) is 16.6. The number of anilines is 1. The molecule has 23 heavy (non-hydrogen) atoms. The number of benzene rings is 1. The van der Waals surface area contributed by atoms with Crippen molar-refractivity contribution in [3.8, 4) is 11.5 Å². The van der Waals surface area contributed by atoms with E-state index in [2.05, 4.69) is 15.3 Å². The minimum absolute atomic E-state index is 0.00513. The van der Waals surface area contributed by atoms with Crippen molar-refractivity contribution in [3.63, 3.8) is 0 Å². The number of ether oxygens (including phenoxy) is 2. The number of aromatic amines is 1. The van der Waals surface area contributed by atoms with E-state index in [4.69, 9.17) is 9.47 Å². The summed E-state index contributed by atoms with van der Waals surface area (Å²) in [6.07, 6.45) is 2.32. The summed E-state index contributed by atoms with van der Waals surface area (Å²) in [5.74, 6) is 2.13. The van der Waals surface area contributed by atoms with Crippen molar-refractivity contribution in [3.05, 3.63) is 35.4 Å². The number of nitrogens with zero attached hydrogens (tertiary/aromatic N) is 1. The Morgan fingerprint density at radius 1 is 1.35 bits per heavy atom. The van der Waals surface area contributed by atoms with Crippen LogP contribution in [0.15, 0.2) is 18.2 Å². The second-order valence-electron chi connectivity index (χ2n) is 5.74. The fourth-order valence-electron chi connectivity index (χ4n) is 2.99. The molecule has 0 saturated carbocycles. The van der Waals surface area contributed by atoms with Crippen LogP contribution < -0.4 is 14.8 Å². The Morgan fingerprint density at radius 3 is 2.91 bits per heavy atom. The number of rotatable bonds is 4. The van der Waals surface area contributed by atoms with Crippen molar-refractivity contribution in [1.82, 2.24) is 9.97 Å². The summed E-state index contributed by atoms with van der Waals surface area (Å²) >= 11 is 0. The van der Waals surface area contributed by atoms with E-state index in [1.807, 2.05) is 6.92 Å². The van der Waals surface area contributed by atoms with E-state index in [0.717, 1.165) is 30.1 Å². The zero-order valence-corrected chi connectivity index (χ0v) is 13.6. The molecule has 1 aromatic heterocycles. The molecule has 1 unspecified atom stereocenters. The van der Waals surface area contributed by atoms with E-state index < -0.39 is 0 Å². The third-order valence-corrected chi connectivity index (χ3v) is 4.20. The van der Waals surface area contributed by atoms with Gasteiger partial charge in [0.1, 0.15) is 17.3 Å². The Hall–Kier alpha value is -2.50. The quantitative estimate of drug-likeness (QED) is 0.909. The molecule has 2 N–H and O–H groups in total. The molecule has 6 nitrogen and oxygen atoms in total. The van der Waals surface area contributed by atoms with Gasteiger partial charge < -0.3 is 19.8 Å². The van der Waals surface area contributed by atoms with Gasteiger partial charge >= 0.3 is 0 Å². The van der Waals surface area contributed by atoms with Crippen LogP contribution in [-0.4, -0.2) is 30.1 Å². The molecule has 1 aliphatic rings. The third kappa shape index (κ3) is 3.16. The van der Waals surface area contributed by atoms with Crippen molar-refractivity contribution in [2.24, 2.45) is 5.92 Å². The molecule has 0 bridgehead atoms. The second-order valence-corrected chi connectivity index (χ2v) is 5.74. The number of hydrogen-bond donors (Lipinski definition) is 2. The predicted octanol–water partition coefficient (Wildman–Crippen LogP) is 2.48. The van der Waals surface area contributed by atoms with Gasteiger partial charge in [0.15, 0.2) is 0 Å². The molecule has 1 aromatic carbocycles. The molecule has 0 spiro atoms. The summed E-state index contributed by atoms with van der Waals surface area (Å²) in [6.45, 7) is 1.94. The van der Waals surface area contributed by atoms with E-state index in [-0.39, 0.29) is 11.8 Å². The van der Waals surface area contributed by atoms with Gasteiger partial charge in [-0.15, -0.1) is 0 Å². The first kappa shape index (κ1) is 15.4. The first-order valence-corrected chi connectivity index (χ1v) is 7.68. The summed E-state index contributed by atoms with van der Waals surface area (Å²) in [7, 11) is 3.17. The fourth-order valence-corrected chi connectivity index (χ4v) is 2.99. The number of amides is 1. The highest BCUT2D eigenvalue weighted by Crippen LogP contribution is 2.31. The lowest BCUT2D eigenvalue weighted by atomic mass is 9.89. The smallest absolute Gasteiger partial charge is 0.227 e. The Morgan fingerprint density at radius 2 is 2.17 bits per heavy atom. The molecule has 1 amide bonds. The zero-order chi connectivity index (χ0) is 16.4. The summed E-state index contributed by atoms with van der Waals surface area (Å²) < 4.78 is 10.5. The summed E-state index contributed by atoms with van der Waals surface area (Å²) in [5, 5.41) is 2.97. The molecule has 6 heteroatoms. The summed E-state index contributed by atoms with van der Waals surface area (Å²) in [6, 6.07) is 5.35. The highest BCUT2D eigenvalue weighted by molar-refractivity contribution is 5.94. The van der Waals surface area contributed by atoms with Crippen LogP contribution in [0.1, 0.15) is 23.6 Å². The number of imidazole rings is 1. The maximum absolute atomic E-state index is 12.6. The predicted molar refractivity (Wildman–Crippen MR) is 87.0 cm³/mol. The van der Waals surface area contributed by atoms with Gasteiger partial charge in [0, 0.05) is 24.1 Å². The molecule has 0 aliphatic heterocycles. The standard InChI is InChI=1S/C17H21N3O3/c1-10-18-13-6-4-11(8-14(13)19-10)17(21)20-15-9-12(22-2)5-7-16(15)23-3/h5,7,9,11H,4,6,8H2,1-3H3,(H,18,19)(H,20,21). The van der Waals surface area contributed by atoms with E-state index in [9.17, 15) is 4.79 Å². The van der Waals surface area contributed by atoms with Crippen molar-refractivity contribution in [2.45, 2.75) is 26.2 Å². The molecule has 122 valence electrons. The van der Waals surface area contributed by atoms with Crippen LogP contribution in [0.4, 0.5) is 5.69 Å². The minimum atomic E-state index is -0.0711. The van der Waals surface area contributed by atoms with E-state index >= 15 is 0 Å². The van der Waals surface area contributed by atoms with E-state index in [0.29, 0.717) is 23.6 Å². The van der Waals surface area contributed by atoms with Gasteiger partial charge in [-0.25, -0.2) is 4.98 Å². The Balaban J connectivity index is 1.75. The van der Waals surface area contributed by atoms with Gasteiger partial charge in [-0.2, -0.15) is 0 Å². The van der Waals surface area contributed by atoms with E-state index in [1.54, 1.807) is 32.4 Å². The van der Waals surface area contributed by atoms with Crippen LogP contribution in [0.2, 0.25) is 0 Å². The molecule has 3 rings (SSSR count). The number of carbonyl (C=O) groups excluding carboxylic acids is 1. The third-order valence-electron chi connectivity index (χ3n) is 4.20. The van der Waals surface area contributed by atoms with Crippen molar-refractivity contribution < 1.29 is 14.3 Å². The van der Waals surface area contributed by atoms with Crippen LogP contribution >= 0.6 is 0 Å². The monoisotopic (exact) mass is 315 g/mol. The lowest BCUT2D eigenvalue weighted by Crippen LogP contribution is -2.28. The molecule has 2 aromatic rings. The number of nitrogens with one attached hydrogen (secondary N) is 2. The number of hydrogen-bond acceptors (Lipinski definition) is 4. The van der Waals surface area contributed by atoms with Crippen molar-refractivity contribution in [1.29, 1.82) is 0 Å². The SMILES string of the molecule is COc1ccc(OC)c(NC(=O)C2CCc3nc(C)[nH]c3C2)c1. The van der Waals surface area contributed by atoms with Crippen molar-refractivity contribution in [2.75, 3.05) is 19.5 Å². The van der Waals surface area contributed by atoms with Crippen LogP contribution in [0.5, 0.6) is 11.5 Å². The molecule has 1 atom stereocenters. The average molecular weight is 315 g/mol. The molecule has 1 aliphatic carbocycles. The highest BCUT2D eigenvalue weighted by atomic mass is 16.5. The number of fused-ring (bicyclic) bond motifs is 1. The molecule has 0 radical (unpaired) electrons. The maximum atomic E-state index is 12.6. The van der Waals surface area contributed by atoms with E-state index in [1.165, 1.54) is 0 Å². The number of aryl methyl sites for hydroxylation is 2. The average Bonchev–Trinajstić information content (AvgIpc) is 2.93. The molecular weight excluding hydrogens is 294 g/mol. The molecule has 0 saturated heterocycles. The van der Waals surface area contributed by atoms with Gasteiger partial charge in [-0.3, -0.25) is 4.79 Å². The van der Waals surface area contributed by atoms with Crippen LogP contribution in [0, 0.1) is 12.8 Å². The van der Waals surface area contributed by atoms with Crippen LogP contribution in [0.3, 0.4) is 0 Å². The maximum Gasteiger partial charge on any atom is 0.227 e. The number of methoxy groups -OCH3 is 2. The van der Waals surface area contributed by atoms with Gasteiger partial charge in [0.05, 0.1) is 25.6 Å². The van der Waals surface area contributed by atoms with Crippen LogP contribution in [0.25, 0.3) is 0 Å². The molecule has 1 heterocycles. The highest BCUT2D eigenvalue weighted by Gasteiger charge is 2.27. The fraction of sp³-hybridized carbons (Fsp3) is 0.412. The largest absolute Gasteiger partial charge is 0.497 e. The number of H-pyrrole nitrogens is 1. The second kappa shape index (κ2) is 6.32. The zero-order valence-electron chi connectivity index (χ0n) is 13.6. The molecular formula is C17H21N3O3. The van der Waals surface area contributed by atoms with Gasteiger partial charge in [0.2, 0.25) is 5.91 Å². The minimum Gasteiger partial charge on any atom is -0.497 e. The number of carbonyl (C=O) groups is 1. The lowest BCUT2D eigenvalue weighted by Gasteiger charge is -2.21. The first-order chi connectivity index (χ1) is 11.1. The molecule has 0 fully saturated rings. The Labute approximate surface area is 135 Å². The lowest BCUT2D eigenvalue weighted by molar-refractivity contribution is -0.120. The Bertz CT molecular complexity index is 724. The Kier molecular flexibility index (Phi) is 4.23. The first-order valence-electron chi connectivity index (χ1n) is 7.68. The van der Waals surface area contributed by atoms with Gasteiger partial charge in [-0.05, 0) is 31.9 Å². The van der Waals surface area contributed by atoms with Crippen LogP contribution in [-0.2, 0) is 17.6 Å². The van der Waals surface area contributed by atoms with Gasteiger partial charge in [0.25, 0.3) is 0 Å². The number of aromatic nitrogens is 2. The van der Waals surface area contributed by atoms with Gasteiger partial charge in [-0.1, -0.05) is 0 Å². The van der Waals surface area contributed by atoms with Crippen molar-refractivity contribution >= 4 is 11.6 Å². The summed E-state index contributed by atoms with van der Waals surface area (Å²) in [5.41, 5.74) is 2.79.